The summed E-state index contributed by atoms with van der Waals surface area (Å²) in [5.41, 5.74) is 1.54. The number of nitrogens with zero attached hydrogens (tertiary/aromatic N) is 1. The van der Waals surface area contributed by atoms with Crippen LogP contribution in [0.1, 0.15) is 5.56 Å². The second kappa shape index (κ2) is 4.90. The van der Waals surface area contributed by atoms with Crippen molar-refractivity contribution in [3.05, 3.63) is 64.9 Å². The lowest BCUT2D eigenvalue weighted by molar-refractivity contribution is 0.628. The molecule has 0 fully saturated rings. The van der Waals surface area contributed by atoms with E-state index >= 15 is 0 Å². The highest BCUT2D eigenvalue weighted by molar-refractivity contribution is 6.33. The summed E-state index contributed by atoms with van der Waals surface area (Å²) in [4.78, 5) is 4.20. The van der Waals surface area contributed by atoms with Crippen molar-refractivity contribution in [1.82, 2.24) is 0 Å². The third-order valence-corrected chi connectivity index (χ3v) is 2.43. The van der Waals surface area contributed by atoms with Gasteiger partial charge in [-0.2, -0.15) is 0 Å². The van der Waals surface area contributed by atoms with Crippen LogP contribution < -0.4 is 0 Å². The average Bonchev–Trinajstić information content (AvgIpc) is 2.30. The highest BCUT2D eigenvalue weighted by Crippen LogP contribution is 2.15. The van der Waals surface area contributed by atoms with Crippen LogP contribution in [-0.4, -0.2) is 6.21 Å². The number of aliphatic imine (C=N–C) groups is 1. The van der Waals surface area contributed by atoms with Crippen LogP contribution in [0, 0.1) is 5.82 Å². The van der Waals surface area contributed by atoms with Gasteiger partial charge in [-0.1, -0.05) is 29.8 Å². The second-order valence-corrected chi connectivity index (χ2v) is 3.66. The molecule has 0 bridgehead atoms. The maximum Gasteiger partial charge on any atom is 0.123 e. The Morgan fingerprint density at radius 1 is 1.00 bits per heavy atom. The van der Waals surface area contributed by atoms with E-state index in [0.29, 0.717) is 10.7 Å². The lowest BCUT2D eigenvalue weighted by atomic mass is 10.2. The molecule has 0 radical (unpaired) electrons. The Morgan fingerprint density at radius 3 is 2.38 bits per heavy atom. The molecule has 0 saturated heterocycles. The highest BCUT2D eigenvalue weighted by Gasteiger charge is 1.94. The summed E-state index contributed by atoms with van der Waals surface area (Å²) in [5, 5.41) is 0.647. The van der Waals surface area contributed by atoms with Crippen molar-refractivity contribution >= 4 is 23.5 Å². The van der Waals surface area contributed by atoms with Crippen LogP contribution in [0.15, 0.2) is 53.5 Å². The Kier molecular flexibility index (Phi) is 3.32. The van der Waals surface area contributed by atoms with Gasteiger partial charge in [0, 0.05) is 16.8 Å². The molecular weight excluding hydrogens is 225 g/mol. The van der Waals surface area contributed by atoms with Crippen molar-refractivity contribution in [2.24, 2.45) is 4.99 Å². The van der Waals surface area contributed by atoms with Gasteiger partial charge in [0.15, 0.2) is 0 Å². The number of rotatable bonds is 2. The fraction of sp³-hybridized carbons (Fsp3) is 0. The fourth-order valence-electron chi connectivity index (χ4n) is 1.25. The van der Waals surface area contributed by atoms with Gasteiger partial charge >= 0.3 is 0 Å². The molecular formula is C13H9ClFN. The zero-order valence-corrected chi connectivity index (χ0v) is 9.16. The third-order valence-electron chi connectivity index (χ3n) is 2.08. The molecule has 0 aliphatic heterocycles. The molecule has 2 rings (SSSR count). The normalized spacial score (nSPS) is 10.9. The van der Waals surface area contributed by atoms with Gasteiger partial charge in [0.25, 0.3) is 0 Å². The lowest BCUT2D eigenvalue weighted by Gasteiger charge is -1.96. The predicted molar refractivity (Wildman–Crippen MR) is 65.1 cm³/mol. The monoisotopic (exact) mass is 233 g/mol. The van der Waals surface area contributed by atoms with E-state index in [1.54, 1.807) is 24.4 Å². The first-order valence-corrected chi connectivity index (χ1v) is 5.18. The first-order chi connectivity index (χ1) is 7.75. The summed E-state index contributed by atoms with van der Waals surface area (Å²) in [6.45, 7) is 0. The second-order valence-electron chi connectivity index (χ2n) is 3.26. The Balaban J connectivity index is 2.21. The molecule has 0 unspecified atom stereocenters. The van der Waals surface area contributed by atoms with Crippen LogP contribution in [0.4, 0.5) is 10.1 Å². The summed E-state index contributed by atoms with van der Waals surface area (Å²) >= 11 is 5.96. The largest absolute Gasteiger partial charge is 0.256 e. The molecule has 0 atom stereocenters. The Hall–Kier alpha value is -1.67. The summed E-state index contributed by atoms with van der Waals surface area (Å²) in [6, 6.07) is 13.4. The quantitative estimate of drug-likeness (QED) is 0.689. The van der Waals surface area contributed by atoms with E-state index in [1.807, 2.05) is 18.2 Å². The first-order valence-electron chi connectivity index (χ1n) is 4.80. The van der Waals surface area contributed by atoms with E-state index in [0.717, 1.165) is 5.56 Å². The van der Waals surface area contributed by atoms with Gasteiger partial charge in [0.1, 0.15) is 5.82 Å². The fourth-order valence-corrected chi connectivity index (χ4v) is 1.44. The minimum atomic E-state index is -0.267. The molecule has 2 aromatic rings. The van der Waals surface area contributed by atoms with E-state index < -0.39 is 0 Å². The molecule has 0 saturated carbocycles. The Morgan fingerprint density at radius 2 is 1.69 bits per heavy atom. The van der Waals surface area contributed by atoms with Crippen molar-refractivity contribution in [3.8, 4) is 0 Å². The molecule has 0 heterocycles. The summed E-state index contributed by atoms with van der Waals surface area (Å²) in [6.07, 6.45) is 1.66. The van der Waals surface area contributed by atoms with Crippen molar-refractivity contribution in [1.29, 1.82) is 0 Å². The molecule has 0 aromatic heterocycles. The molecule has 0 spiro atoms. The topological polar surface area (TPSA) is 12.4 Å². The predicted octanol–water partition coefficient (Wildman–Crippen LogP) is 4.23. The standard InChI is InChI=1S/C13H9ClFN/c14-13-4-2-1-3-10(13)9-16-12-7-5-11(15)6-8-12/h1-9H/b16-9+. The molecule has 3 heteroatoms. The van der Waals surface area contributed by atoms with Crippen LogP contribution in [0.2, 0.25) is 5.02 Å². The van der Waals surface area contributed by atoms with E-state index in [1.165, 1.54) is 12.1 Å². The molecule has 0 amide bonds. The molecule has 0 aliphatic rings. The smallest absolute Gasteiger partial charge is 0.123 e. The average molecular weight is 234 g/mol. The van der Waals surface area contributed by atoms with Gasteiger partial charge in [-0.05, 0) is 30.3 Å². The SMILES string of the molecule is Fc1ccc(/N=C/c2ccccc2Cl)cc1. The van der Waals surface area contributed by atoms with Crippen molar-refractivity contribution in [3.63, 3.8) is 0 Å². The van der Waals surface area contributed by atoms with Gasteiger partial charge in [0.05, 0.1) is 5.69 Å². The minimum Gasteiger partial charge on any atom is -0.256 e. The summed E-state index contributed by atoms with van der Waals surface area (Å²) in [7, 11) is 0. The third kappa shape index (κ3) is 2.67. The Bertz CT molecular complexity index is 506. The summed E-state index contributed by atoms with van der Waals surface area (Å²) in [5.74, 6) is -0.267. The van der Waals surface area contributed by atoms with Crippen LogP contribution in [0.5, 0.6) is 0 Å². The zero-order chi connectivity index (χ0) is 11.4. The number of hydrogen-bond acceptors (Lipinski definition) is 1. The molecule has 2 aromatic carbocycles. The molecule has 1 nitrogen and oxygen atoms in total. The molecule has 16 heavy (non-hydrogen) atoms. The van der Waals surface area contributed by atoms with E-state index in [4.69, 9.17) is 11.6 Å². The molecule has 80 valence electrons. The van der Waals surface area contributed by atoms with Gasteiger partial charge in [-0.25, -0.2) is 4.39 Å². The molecule has 0 N–H and O–H groups in total. The van der Waals surface area contributed by atoms with E-state index in [-0.39, 0.29) is 5.82 Å². The highest BCUT2D eigenvalue weighted by atomic mass is 35.5. The number of benzene rings is 2. The summed E-state index contributed by atoms with van der Waals surface area (Å²) < 4.78 is 12.6. The van der Waals surface area contributed by atoms with Gasteiger partial charge in [-0.3, -0.25) is 4.99 Å². The van der Waals surface area contributed by atoms with E-state index in [9.17, 15) is 4.39 Å². The van der Waals surface area contributed by atoms with Gasteiger partial charge < -0.3 is 0 Å². The molecule has 0 aliphatic carbocycles. The van der Waals surface area contributed by atoms with Crippen LogP contribution in [0.25, 0.3) is 0 Å². The van der Waals surface area contributed by atoms with Crippen LogP contribution in [0.3, 0.4) is 0 Å². The number of hydrogen-bond donors (Lipinski definition) is 0. The number of halogens is 2. The van der Waals surface area contributed by atoms with Crippen LogP contribution in [-0.2, 0) is 0 Å². The van der Waals surface area contributed by atoms with Crippen molar-refractivity contribution in [2.75, 3.05) is 0 Å². The first kappa shape index (κ1) is 10.8. The lowest BCUT2D eigenvalue weighted by Crippen LogP contribution is -1.81. The maximum atomic E-state index is 12.6. The van der Waals surface area contributed by atoms with Gasteiger partial charge in [-0.15, -0.1) is 0 Å². The van der Waals surface area contributed by atoms with Crippen LogP contribution >= 0.6 is 11.6 Å². The van der Waals surface area contributed by atoms with Crippen molar-refractivity contribution in [2.45, 2.75) is 0 Å². The Labute approximate surface area is 98.2 Å². The van der Waals surface area contributed by atoms with E-state index in [2.05, 4.69) is 4.99 Å². The van der Waals surface area contributed by atoms with Crippen molar-refractivity contribution < 1.29 is 4.39 Å². The van der Waals surface area contributed by atoms with Gasteiger partial charge in [0.2, 0.25) is 0 Å². The maximum absolute atomic E-state index is 12.6. The zero-order valence-electron chi connectivity index (χ0n) is 8.40. The minimum absolute atomic E-state index is 0.267.